The SMILES string of the molecule is COc1cnn(C(C)C)c1C(=O)c1ccc(C(C)C)cc1. The van der Waals surface area contributed by atoms with E-state index in [2.05, 4.69) is 18.9 Å². The molecule has 0 aliphatic rings. The van der Waals surface area contributed by atoms with Gasteiger partial charge in [0.05, 0.1) is 13.3 Å². The van der Waals surface area contributed by atoms with E-state index in [1.54, 1.807) is 18.0 Å². The van der Waals surface area contributed by atoms with Crippen LogP contribution in [0.25, 0.3) is 0 Å². The summed E-state index contributed by atoms with van der Waals surface area (Å²) in [5, 5.41) is 4.25. The normalized spacial score (nSPS) is 11.2. The van der Waals surface area contributed by atoms with Gasteiger partial charge in [-0.15, -0.1) is 0 Å². The van der Waals surface area contributed by atoms with Crippen LogP contribution in [-0.2, 0) is 0 Å². The van der Waals surface area contributed by atoms with Crippen molar-refractivity contribution in [3.8, 4) is 5.75 Å². The average molecular weight is 286 g/mol. The monoisotopic (exact) mass is 286 g/mol. The molecule has 1 aromatic carbocycles. The van der Waals surface area contributed by atoms with Crippen molar-refractivity contribution in [2.75, 3.05) is 7.11 Å². The number of methoxy groups -OCH3 is 1. The lowest BCUT2D eigenvalue weighted by molar-refractivity contribution is 0.102. The summed E-state index contributed by atoms with van der Waals surface area (Å²) in [6.07, 6.45) is 1.59. The molecule has 0 spiro atoms. The Labute approximate surface area is 125 Å². The maximum absolute atomic E-state index is 12.8. The first-order valence-corrected chi connectivity index (χ1v) is 7.21. The quantitative estimate of drug-likeness (QED) is 0.785. The molecule has 4 nitrogen and oxygen atoms in total. The second-order valence-electron chi connectivity index (χ2n) is 5.71. The Kier molecular flexibility index (Phi) is 4.46. The smallest absolute Gasteiger partial charge is 0.214 e. The third kappa shape index (κ3) is 2.99. The number of ether oxygens (including phenoxy) is 1. The van der Waals surface area contributed by atoms with Crippen molar-refractivity contribution in [3.63, 3.8) is 0 Å². The van der Waals surface area contributed by atoms with Gasteiger partial charge in [0.2, 0.25) is 5.78 Å². The van der Waals surface area contributed by atoms with Gasteiger partial charge < -0.3 is 4.74 Å². The highest BCUT2D eigenvalue weighted by atomic mass is 16.5. The van der Waals surface area contributed by atoms with Gasteiger partial charge in [0, 0.05) is 11.6 Å². The first-order valence-electron chi connectivity index (χ1n) is 7.21. The Bertz CT molecular complexity index is 625. The molecular formula is C17H22N2O2. The van der Waals surface area contributed by atoms with Crippen molar-refractivity contribution in [1.29, 1.82) is 0 Å². The molecule has 0 amide bonds. The van der Waals surface area contributed by atoms with E-state index in [1.807, 2.05) is 38.1 Å². The first kappa shape index (κ1) is 15.3. The molecule has 0 saturated carbocycles. The Morgan fingerprint density at radius 2 is 1.76 bits per heavy atom. The molecule has 0 fully saturated rings. The summed E-state index contributed by atoms with van der Waals surface area (Å²) in [6.45, 7) is 8.25. The van der Waals surface area contributed by atoms with Crippen LogP contribution in [-0.4, -0.2) is 22.7 Å². The fraction of sp³-hybridized carbons (Fsp3) is 0.412. The molecule has 0 bridgehead atoms. The van der Waals surface area contributed by atoms with E-state index in [4.69, 9.17) is 4.74 Å². The summed E-state index contributed by atoms with van der Waals surface area (Å²) in [5.74, 6) is 0.903. The minimum atomic E-state index is -0.0617. The second kappa shape index (κ2) is 6.12. The zero-order chi connectivity index (χ0) is 15.6. The number of carbonyl (C=O) groups is 1. The number of benzene rings is 1. The Morgan fingerprint density at radius 1 is 1.14 bits per heavy atom. The van der Waals surface area contributed by atoms with Gasteiger partial charge in [-0.05, 0) is 25.3 Å². The molecule has 1 heterocycles. The summed E-state index contributed by atoms with van der Waals surface area (Å²) in [5.41, 5.74) is 2.38. The van der Waals surface area contributed by atoms with Crippen LogP contribution in [0.5, 0.6) is 5.75 Å². The minimum absolute atomic E-state index is 0.0617. The first-order chi connectivity index (χ1) is 9.95. The maximum atomic E-state index is 12.8. The lowest BCUT2D eigenvalue weighted by Crippen LogP contribution is -2.14. The van der Waals surface area contributed by atoms with E-state index in [-0.39, 0.29) is 11.8 Å². The van der Waals surface area contributed by atoms with Crippen LogP contribution < -0.4 is 4.74 Å². The number of carbonyl (C=O) groups excluding carboxylic acids is 1. The van der Waals surface area contributed by atoms with Crippen molar-refractivity contribution in [3.05, 3.63) is 47.3 Å². The van der Waals surface area contributed by atoms with Crippen molar-refractivity contribution in [2.24, 2.45) is 0 Å². The fourth-order valence-electron chi connectivity index (χ4n) is 2.26. The summed E-state index contributed by atoms with van der Waals surface area (Å²) in [4.78, 5) is 12.8. The molecule has 2 rings (SSSR count). The Morgan fingerprint density at radius 3 is 2.24 bits per heavy atom. The largest absolute Gasteiger partial charge is 0.493 e. The molecule has 21 heavy (non-hydrogen) atoms. The van der Waals surface area contributed by atoms with Crippen LogP contribution in [0.4, 0.5) is 0 Å². The molecule has 0 unspecified atom stereocenters. The van der Waals surface area contributed by atoms with Crippen LogP contribution in [0, 0.1) is 0 Å². The van der Waals surface area contributed by atoms with Crippen LogP contribution in [0.3, 0.4) is 0 Å². The van der Waals surface area contributed by atoms with E-state index in [9.17, 15) is 4.79 Å². The van der Waals surface area contributed by atoms with Gasteiger partial charge >= 0.3 is 0 Å². The number of nitrogens with zero attached hydrogens (tertiary/aromatic N) is 2. The number of hydrogen-bond acceptors (Lipinski definition) is 3. The van der Waals surface area contributed by atoms with Gasteiger partial charge in [0.15, 0.2) is 11.4 Å². The highest BCUT2D eigenvalue weighted by Gasteiger charge is 2.22. The number of hydrogen-bond donors (Lipinski definition) is 0. The number of rotatable bonds is 5. The van der Waals surface area contributed by atoms with Crippen molar-refractivity contribution >= 4 is 5.78 Å². The summed E-state index contributed by atoms with van der Waals surface area (Å²) < 4.78 is 6.98. The molecule has 0 aliphatic carbocycles. The molecule has 1 aromatic heterocycles. The topological polar surface area (TPSA) is 44.1 Å². The predicted octanol–water partition coefficient (Wildman–Crippen LogP) is 3.83. The molecule has 0 N–H and O–H groups in total. The molecule has 0 atom stereocenters. The van der Waals surface area contributed by atoms with Gasteiger partial charge in [-0.1, -0.05) is 38.1 Å². The summed E-state index contributed by atoms with van der Waals surface area (Å²) >= 11 is 0. The number of ketones is 1. The lowest BCUT2D eigenvalue weighted by Gasteiger charge is -2.12. The maximum Gasteiger partial charge on any atom is 0.214 e. The van der Waals surface area contributed by atoms with Gasteiger partial charge in [-0.3, -0.25) is 9.48 Å². The summed E-state index contributed by atoms with van der Waals surface area (Å²) in [7, 11) is 1.56. The minimum Gasteiger partial charge on any atom is -0.493 e. The highest BCUT2D eigenvalue weighted by Crippen LogP contribution is 2.25. The predicted molar refractivity (Wildman–Crippen MR) is 83.1 cm³/mol. The van der Waals surface area contributed by atoms with E-state index in [0.717, 1.165) is 0 Å². The lowest BCUT2D eigenvalue weighted by atomic mass is 9.99. The van der Waals surface area contributed by atoms with E-state index in [0.29, 0.717) is 22.9 Å². The highest BCUT2D eigenvalue weighted by molar-refractivity contribution is 6.09. The van der Waals surface area contributed by atoms with Gasteiger partial charge in [0.25, 0.3) is 0 Å². The van der Waals surface area contributed by atoms with Crippen molar-refractivity contribution in [1.82, 2.24) is 9.78 Å². The van der Waals surface area contributed by atoms with Crippen molar-refractivity contribution in [2.45, 2.75) is 39.7 Å². The Balaban J connectivity index is 2.42. The van der Waals surface area contributed by atoms with Crippen LogP contribution in [0.2, 0.25) is 0 Å². The molecule has 0 aliphatic heterocycles. The molecular weight excluding hydrogens is 264 g/mol. The zero-order valence-corrected chi connectivity index (χ0v) is 13.3. The standard InChI is InChI=1S/C17H22N2O2/c1-11(2)13-6-8-14(9-7-13)17(20)16-15(21-5)10-18-19(16)12(3)4/h6-12H,1-5H3. The van der Waals surface area contributed by atoms with E-state index in [1.165, 1.54) is 5.56 Å². The average Bonchev–Trinajstić information content (AvgIpc) is 2.90. The van der Waals surface area contributed by atoms with Crippen molar-refractivity contribution < 1.29 is 9.53 Å². The van der Waals surface area contributed by atoms with E-state index >= 15 is 0 Å². The van der Waals surface area contributed by atoms with Gasteiger partial charge in [-0.25, -0.2) is 0 Å². The molecule has 112 valence electrons. The van der Waals surface area contributed by atoms with Gasteiger partial charge in [0.1, 0.15) is 0 Å². The molecule has 0 saturated heterocycles. The zero-order valence-electron chi connectivity index (χ0n) is 13.3. The second-order valence-corrected chi connectivity index (χ2v) is 5.71. The fourth-order valence-corrected chi connectivity index (χ4v) is 2.26. The number of aromatic nitrogens is 2. The molecule has 2 aromatic rings. The Hall–Kier alpha value is -2.10. The molecule has 4 heteroatoms. The van der Waals surface area contributed by atoms with Crippen LogP contribution in [0.1, 0.15) is 61.3 Å². The third-order valence-corrected chi connectivity index (χ3v) is 3.53. The third-order valence-electron chi connectivity index (χ3n) is 3.53. The summed E-state index contributed by atoms with van der Waals surface area (Å²) in [6, 6.07) is 7.84. The van der Waals surface area contributed by atoms with Crippen LogP contribution >= 0.6 is 0 Å². The van der Waals surface area contributed by atoms with Gasteiger partial charge in [-0.2, -0.15) is 5.10 Å². The van der Waals surface area contributed by atoms with Crippen LogP contribution in [0.15, 0.2) is 30.5 Å². The van der Waals surface area contributed by atoms with E-state index < -0.39 is 0 Å². The molecule has 0 radical (unpaired) electrons.